The number of aliphatic hydroxyl groups excluding tert-OH is 1. The predicted octanol–water partition coefficient (Wildman–Crippen LogP) is 2.95. The third kappa shape index (κ3) is 2.57. The highest BCUT2D eigenvalue weighted by Crippen LogP contribution is 2.21. The molecule has 0 atom stereocenters. The quantitative estimate of drug-likeness (QED) is 0.922. The SMILES string of the molecule is CCc1nn(Cc2ccc(C)cc2)c(Cl)c1CO. The van der Waals surface area contributed by atoms with E-state index in [1.165, 1.54) is 5.56 Å². The summed E-state index contributed by atoms with van der Waals surface area (Å²) >= 11 is 6.23. The molecule has 0 saturated heterocycles. The van der Waals surface area contributed by atoms with Crippen molar-refractivity contribution in [3.63, 3.8) is 0 Å². The van der Waals surface area contributed by atoms with Gasteiger partial charge in [0.2, 0.25) is 0 Å². The molecule has 0 aliphatic carbocycles. The van der Waals surface area contributed by atoms with Gasteiger partial charge in [-0.15, -0.1) is 0 Å². The molecule has 1 N–H and O–H groups in total. The highest BCUT2D eigenvalue weighted by atomic mass is 35.5. The molecule has 3 nitrogen and oxygen atoms in total. The summed E-state index contributed by atoms with van der Waals surface area (Å²) in [7, 11) is 0. The Kier molecular flexibility index (Phi) is 4.04. The molecular formula is C14H17ClN2O. The monoisotopic (exact) mass is 264 g/mol. The van der Waals surface area contributed by atoms with Crippen molar-refractivity contribution in [3.05, 3.63) is 51.8 Å². The molecule has 96 valence electrons. The normalized spacial score (nSPS) is 10.9. The third-order valence-electron chi connectivity index (χ3n) is 3.01. The molecule has 0 saturated carbocycles. The van der Waals surface area contributed by atoms with E-state index in [2.05, 4.69) is 36.3 Å². The summed E-state index contributed by atoms with van der Waals surface area (Å²) in [5.41, 5.74) is 3.99. The lowest BCUT2D eigenvalue weighted by Crippen LogP contribution is -2.02. The zero-order valence-corrected chi connectivity index (χ0v) is 11.4. The molecule has 4 heteroatoms. The van der Waals surface area contributed by atoms with Gasteiger partial charge in [-0.1, -0.05) is 48.4 Å². The van der Waals surface area contributed by atoms with Crippen LogP contribution in [0.4, 0.5) is 0 Å². The first kappa shape index (κ1) is 13.1. The maximum Gasteiger partial charge on any atom is 0.133 e. The number of hydrogen-bond donors (Lipinski definition) is 1. The Labute approximate surface area is 112 Å². The topological polar surface area (TPSA) is 38.0 Å². The highest BCUT2D eigenvalue weighted by molar-refractivity contribution is 6.30. The molecule has 1 aromatic carbocycles. The van der Waals surface area contributed by atoms with Crippen LogP contribution in [0.1, 0.15) is 29.3 Å². The van der Waals surface area contributed by atoms with Gasteiger partial charge in [0.1, 0.15) is 5.15 Å². The molecule has 0 amide bonds. The number of nitrogens with zero attached hydrogens (tertiary/aromatic N) is 2. The summed E-state index contributed by atoms with van der Waals surface area (Å²) in [6, 6.07) is 8.27. The second kappa shape index (κ2) is 5.55. The van der Waals surface area contributed by atoms with Gasteiger partial charge in [0.15, 0.2) is 0 Å². The van der Waals surface area contributed by atoms with E-state index in [1.807, 2.05) is 6.92 Å². The first-order chi connectivity index (χ1) is 8.65. The first-order valence-electron chi connectivity index (χ1n) is 6.06. The molecule has 2 aromatic rings. The van der Waals surface area contributed by atoms with Gasteiger partial charge in [0.05, 0.1) is 18.8 Å². The smallest absolute Gasteiger partial charge is 0.133 e. The van der Waals surface area contributed by atoms with E-state index >= 15 is 0 Å². The summed E-state index contributed by atoms with van der Waals surface area (Å²) in [4.78, 5) is 0. The Morgan fingerprint density at radius 2 is 1.94 bits per heavy atom. The Hall–Kier alpha value is -1.32. The van der Waals surface area contributed by atoms with Crippen molar-refractivity contribution in [2.45, 2.75) is 33.4 Å². The van der Waals surface area contributed by atoms with Crippen molar-refractivity contribution in [2.24, 2.45) is 0 Å². The summed E-state index contributed by atoms with van der Waals surface area (Å²) in [6.45, 7) is 4.64. The lowest BCUT2D eigenvalue weighted by atomic mass is 10.1. The molecular weight excluding hydrogens is 248 g/mol. The van der Waals surface area contributed by atoms with E-state index in [0.717, 1.165) is 23.2 Å². The van der Waals surface area contributed by atoms with Crippen LogP contribution in [-0.2, 0) is 19.6 Å². The summed E-state index contributed by atoms with van der Waals surface area (Å²) in [5.74, 6) is 0. The molecule has 0 aliphatic heterocycles. The first-order valence-corrected chi connectivity index (χ1v) is 6.44. The van der Waals surface area contributed by atoms with Crippen molar-refractivity contribution in [3.8, 4) is 0 Å². The van der Waals surface area contributed by atoms with Gasteiger partial charge in [-0.05, 0) is 18.9 Å². The van der Waals surface area contributed by atoms with E-state index in [-0.39, 0.29) is 6.61 Å². The highest BCUT2D eigenvalue weighted by Gasteiger charge is 2.14. The van der Waals surface area contributed by atoms with Gasteiger partial charge in [-0.2, -0.15) is 5.10 Å². The minimum atomic E-state index is -0.0596. The van der Waals surface area contributed by atoms with E-state index in [4.69, 9.17) is 11.6 Å². The van der Waals surface area contributed by atoms with Crippen LogP contribution in [0.3, 0.4) is 0 Å². The molecule has 0 spiro atoms. The van der Waals surface area contributed by atoms with Crippen molar-refractivity contribution < 1.29 is 5.11 Å². The molecule has 0 fully saturated rings. The van der Waals surface area contributed by atoms with Crippen LogP contribution in [0.25, 0.3) is 0 Å². The lowest BCUT2D eigenvalue weighted by Gasteiger charge is -2.04. The zero-order valence-electron chi connectivity index (χ0n) is 10.7. The predicted molar refractivity (Wildman–Crippen MR) is 72.8 cm³/mol. The second-order valence-electron chi connectivity index (χ2n) is 4.37. The fourth-order valence-electron chi connectivity index (χ4n) is 1.94. The van der Waals surface area contributed by atoms with E-state index < -0.39 is 0 Å². The molecule has 0 bridgehead atoms. The Morgan fingerprint density at radius 3 is 2.44 bits per heavy atom. The Morgan fingerprint density at radius 1 is 1.28 bits per heavy atom. The fraction of sp³-hybridized carbons (Fsp3) is 0.357. The zero-order chi connectivity index (χ0) is 13.1. The molecule has 1 heterocycles. The minimum absolute atomic E-state index is 0.0596. The van der Waals surface area contributed by atoms with Gasteiger partial charge >= 0.3 is 0 Å². The molecule has 2 rings (SSSR count). The van der Waals surface area contributed by atoms with Crippen LogP contribution in [0.15, 0.2) is 24.3 Å². The van der Waals surface area contributed by atoms with Gasteiger partial charge < -0.3 is 5.11 Å². The van der Waals surface area contributed by atoms with Crippen molar-refractivity contribution in [1.82, 2.24) is 9.78 Å². The van der Waals surface area contributed by atoms with Crippen LogP contribution in [0, 0.1) is 6.92 Å². The van der Waals surface area contributed by atoms with Crippen molar-refractivity contribution in [1.29, 1.82) is 0 Å². The van der Waals surface area contributed by atoms with Crippen molar-refractivity contribution >= 4 is 11.6 Å². The van der Waals surface area contributed by atoms with E-state index in [0.29, 0.717) is 11.7 Å². The van der Waals surface area contributed by atoms with Gasteiger partial charge in [-0.25, -0.2) is 4.68 Å². The van der Waals surface area contributed by atoms with Crippen LogP contribution in [0.2, 0.25) is 5.15 Å². The molecule has 18 heavy (non-hydrogen) atoms. The number of rotatable bonds is 4. The number of hydrogen-bond acceptors (Lipinski definition) is 2. The number of aryl methyl sites for hydroxylation is 2. The Bertz CT molecular complexity index is 531. The average molecular weight is 265 g/mol. The minimum Gasteiger partial charge on any atom is -0.391 e. The summed E-state index contributed by atoms with van der Waals surface area (Å²) in [6.07, 6.45) is 0.774. The second-order valence-corrected chi connectivity index (χ2v) is 4.73. The fourth-order valence-corrected chi connectivity index (χ4v) is 2.20. The molecule has 0 unspecified atom stereocenters. The average Bonchev–Trinajstić information content (AvgIpc) is 2.68. The standard InChI is InChI=1S/C14H17ClN2O/c1-3-13-12(9-18)14(15)17(16-13)8-11-6-4-10(2)5-7-11/h4-7,18H,3,8-9H2,1-2H3. The summed E-state index contributed by atoms with van der Waals surface area (Å²) < 4.78 is 1.75. The number of benzene rings is 1. The van der Waals surface area contributed by atoms with Crippen LogP contribution in [-0.4, -0.2) is 14.9 Å². The maximum atomic E-state index is 9.31. The molecule has 0 radical (unpaired) electrons. The van der Waals surface area contributed by atoms with Gasteiger partial charge in [-0.3, -0.25) is 0 Å². The molecule has 0 aliphatic rings. The van der Waals surface area contributed by atoms with Crippen LogP contribution in [0.5, 0.6) is 0 Å². The Balaban J connectivity index is 2.29. The van der Waals surface area contributed by atoms with Crippen LogP contribution >= 0.6 is 11.6 Å². The van der Waals surface area contributed by atoms with E-state index in [1.54, 1.807) is 4.68 Å². The number of halogens is 1. The van der Waals surface area contributed by atoms with Gasteiger partial charge in [0, 0.05) is 5.56 Å². The van der Waals surface area contributed by atoms with Gasteiger partial charge in [0.25, 0.3) is 0 Å². The molecule has 1 aromatic heterocycles. The number of aromatic nitrogens is 2. The lowest BCUT2D eigenvalue weighted by molar-refractivity contribution is 0.280. The summed E-state index contributed by atoms with van der Waals surface area (Å²) in [5, 5.41) is 14.3. The largest absolute Gasteiger partial charge is 0.391 e. The van der Waals surface area contributed by atoms with Crippen molar-refractivity contribution in [2.75, 3.05) is 0 Å². The van der Waals surface area contributed by atoms with E-state index in [9.17, 15) is 5.11 Å². The number of aliphatic hydroxyl groups is 1. The maximum absolute atomic E-state index is 9.31. The van der Waals surface area contributed by atoms with Crippen LogP contribution < -0.4 is 0 Å². The third-order valence-corrected chi connectivity index (χ3v) is 3.43.